The molecule has 0 fully saturated rings. The van der Waals surface area contributed by atoms with E-state index in [0.717, 1.165) is 42.6 Å². The molecule has 1 aliphatic carbocycles. The van der Waals surface area contributed by atoms with Crippen molar-refractivity contribution in [1.29, 1.82) is 0 Å². The number of aryl methyl sites for hydroxylation is 2. The number of para-hydroxylation sites is 1. The van der Waals surface area contributed by atoms with Crippen molar-refractivity contribution in [2.24, 2.45) is 0 Å². The Kier molecular flexibility index (Phi) is 4.98. The van der Waals surface area contributed by atoms with Crippen LogP contribution in [0.25, 0.3) is 15.9 Å². The molecular weight excluding hydrogens is 515 g/mol. The van der Waals surface area contributed by atoms with E-state index in [-0.39, 0.29) is 11.6 Å². The SMILES string of the molecule is O=c1c2c3c(sc2[n+]2c(n1-c1ccccc1)CC[C@H](I)[C@@H]2c1ccccc1)CCCC3. The molecule has 0 N–H and O–H groups in total. The van der Waals surface area contributed by atoms with Crippen LogP contribution in [0, 0.1) is 0 Å². The first-order chi connectivity index (χ1) is 15.2. The largest absolute Gasteiger partial charge is 0.351 e. The van der Waals surface area contributed by atoms with Crippen LogP contribution in [0.15, 0.2) is 65.5 Å². The predicted octanol–water partition coefficient (Wildman–Crippen LogP) is 5.56. The van der Waals surface area contributed by atoms with E-state index in [1.807, 2.05) is 34.1 Å². The zero-order valence-corrected chi connectivity index (χ0v) is 20.2. The molecule has 4 aromatic rings. The summed E-state index contributed by atoms with van der Waals surface area (Å²) in [6.45, 7) is 0. The summed E-state index contributed by atoms with van der Waals surface area (Å²) in [4.78, 5) is 16.6. The van der Waals surface area contributed by atoms with Gasteiger partial charge in [-0.3, -0.25) is 0 Å². The molecule has 156 valence electrons. The van der Waals surface area contributed by atoms with Gasteiger partial charge in [0.15, 0.2) is 4.83 Å². The van der Waals surface area contributed by atoms with Crippen LogP contribution in [0.1, 0.15) is 47.1 Å². The fourth-order valence-corrected chi connectivity index (χ4v) is 7.84. The van der Waals surface area contributed by atoms with Gasteiger partial charge in [0.1, 0.15) is 17.1 Å². The molecule has 31 heavy (non-hydrogen) atoms. The molecule has 2 aromatic carbocycles. The molecule has 5 heteroatoms. The molecule has 2 atom stereocenters. The summed E-state index contributed by atoms with van der Waals surface area (Å²) < 4.78 is 5.03. The molecule has 0 amide bonds. The highest BCUT2D eigenvalue weighted by Gasteiger charge is 2.40. The summed E-state index contributed by atoms with van der Waals surface area (Å²) >= 11 is 4.51. The highest BCUT2D eigenvalue weighted by Crippen LogP contribution is 2.38. The molecule has 0 spiro atoms. The van der Waals surface area contributed by atoms with Gasteiger partial charge in [-0.15, -0.1) is 0 Å². The van der Waals surface area contributed by atoms with Gasteiger partial charge in [-0.05, 0) is 55.4 Å². The van der Waals surface area contributed by atoms with Crippen LogP contribution < -0.4 is 10.1 Å². The van der Waals surface area contributed by atoms with E-state index in [1.165, 1.54) is 33.7 Å². The fraction of sp³-hybridized carbons (Fsp3) is 0.308. The quantitative estimate of drug-likeness (QED) is 0.186. The number of hydrogen-bond acceptors (Lipinski definition) is 2. The van der Waals surface area contributed by atoms with Crippen LogP contribution in [-0.4, -0.2) is 8.49 Å². The van der Waals surface area contributed by atoms with E-state index < -0.39 is 0 Å². The van der Waals surface area contributed by atoms with Crippen molar-refractivity contribution in [3.8, 4) is 5.69 Å². The molecule has 2 aliphatic rings. The zero-order chi connectivity index (χ0) is 20.9. The van der Waals surface area contributed by atoms with Crippen molar-refractivity contribution in [2.45, 2.75) is 48.5 Å². The number of aromatic nitrogens is 2. The summed E-state index contributed by atoms with van der Waals surface area (Å²) in [6, 6.07) is 21.3. The third-order valence-electron chi connectivity index (χ3n) is 6.74. The number of halogens is 1. The van der Waals surface area contributed by atoms with Gasteiger partial charge in [0.25, 0.3) is 5.82 Å². The van der Waals surface area contributed by atoms with Crippen molar-refractivity contribution in [1.82, 2.24) is 4.57 Å². The normalized spacial score (nSPS) is 20.4. The number of hydrogen-bond donors (Lipinski definition) is 0. The Morgan fingerprint density at radius 1 is 0.935 bits per heavy atom. The lowest BCUT2D eigenvalue weighted by molar-refractivity contribution is -0.701. The second-order valence-electron chi connectivity index (χ2n) is 8.56. The number of fused-ring (bicyclic) bond motifs is 5. The van der Waals surface area contributed by atoms with Gasteiger partial charge in [0.05, 0.1) is 10.3 Å². The Bertz CT molecular complexity index is 1330. The Labute approximate surface area is 199 Å². The molecule has 0 bridgehead atoms. The Balaban J connectivity index is 1.75. The molecule has 1 aliphatic heterocycles. The number of thiophene rings is 1. The molecule has 0 saturated carbocycles. The van der Waals surface area contributed by atoms with E-state index >= 15 is 0 Å². The lowest BCUT2D eigenvalue weighted by Gasteiger charge is -2.29. The monoisotopic (exact) mass is 539 g/mol. The van der Waals surface area contributed by atoms with Gasteiger partial charge >= 0.3 is 5.56 Å². The molecule has 6 rings (SSSR count). The van der Waals surface area contributed by atoms with E-state index in [0.29, 0.717) is 3.92 Å². The van der Waals surface area contributed by atoms with Crippen molar-refractivity contribution in [3.05, 3.63) is 92.8 Å². The maximum Gasteiger partial charge on any atom is 0.351 e. The third-order valence-corrected chi connectivity index (χ3v) is 9.34. The highest BCUT2D eigenvalue weighted by molar-refractivity contribution is 14.1. The maximum absolute atomic E-state index is 14.0. The lowest BCUT2D eigenvalue weighted by atomic mass is 9.94. The number of rotatable bonds is 2. The Morgan fingerprint density at radius 2 is 1.65 bits per heavy atom. The fourth-order valence-electron chi connectivity index (χ4n) is 5.35. The number of benzene rings is 2. The smallest absolute Gasteiger partial charge is 0.240 e. The first-order valence-corrected chi connectivity index (χ1v) is 13.2. The molecular formula is C26H24IN2OS+. The minimum absolute atomic E-state index is 0.172. The first kappa shape index (κ1) is 19.7. The lowest BCUT2D eigenvalue weighted by Crippen LogP contribution is -2.55. The summed E-state index contributed by atoms with van der Waals surface area (Å²) in [5, 5.41) is 0.971. The Morgan fingerprint density at radius 3 is 2.42 bits per heavy atom. The van der Waals surface area contributed by atoms with E-state index in [9.17, 15) is 4.79 Å². The van der Waals surface area contributed by atoms with Crippen LogP contribution in [0.4, 0.5) is 0 Å². The van der Waals surface area contributed by atoms with Gasteiger partial charge in [-0.2, -0.15) is 4.57 Å². The number of alkyl halides is 1. The Hall–Kier alpha value is -1.99. The average Bonchev–Trinajstić information content (AvgIpc) is 3.21. The van der Waals surface area contributed by atoms with Crippen LogP contribution in [0.3, 0.4) is 0 Å². The summed E-state index contributed by atoms with van der Waals surface area (Å²) in [6.07, 6.45) is 6.54. The standard InChI is InChI=1S/C26H24IN2OS/c27-20-15-16-22-28(18-11-5-2-6-12-18)25(30)23-19-13-7-8-14-21(19)31-26(23)29(22)24(20)17-9-3-1-4-10-17/h1-6,9-12,20,24H,7-8,13-16H2/q+1/t20-,24-/m0/s1. The predicted molar refractivity (Wildman–Crippen MR) is 135 cm³/mol. The van der Waals surface area contributed by atoms with Crippen molar-refractivity contribution in [3.63, 3.8) is 0 Å². The van der Waals surface area contributed by atoms with Crippen LogP contribution in [0.2, 0.25) is 0 Å². The number of nitrogens with zero attached hydrogens (tertiary/aromatic N) is 2. The minimum atomic E-state index is 0.172. The van der Waals surface area contributed by atoms with Gasteiger partial charge in [0.2, 0.25) is 0 Å². The van der Waals surface area contributed by atoms with Crippen LogP contribution in [-0.2, 0) is 19.3 Å². The van der Waals surface area contributed by atoms with E-state index in [4.69, 9.17) is 0 Å². The topological polar surface area (TPSA) is 25.9 Å². The molecule has 0 saturated heterocycles. The van der Waals surface area contributed by atoms with Crippen molar-refractivity contribution >= 4 is 44.1 Å². The second kappa shape index (κ2) is 7.85. The summed E-state index contributed by atoms with van der Waals surface area (Å²) in [7, 11) is 0. The van der Waals surface area contributed by atoms with Gasteiger partial charge < -0.3 is 0 Å². The summed E-state index contributed by atoms with van der Waals surface area (Å²) in [5.74, 6) is 1.14. The molecule has 3 heterocycles. The van der Waals surface area contributed by atoms with E-state index in [1.54, 1.807) is 0 Å². The average molecular weight is 539 g/mol. The highest BCUT2D eigenvalue weighted by atomic mass is 127. The van der Waals surface area contributed by atoms with Gasteiger partial charge in [-0.25, -0.2) is 9.36 Å². The van der Waals surface area contributed by atoms with Crippen LogP contribution in [0.5, 0.6) is 0 Å². The molecule has 0 radical (unpaired) electrons. The maximum atomic E-state index is 14.0. The van der Waals surface area contributed by atoms with Crippen molar-refractivity contribution in [2.75, 3.05) is 0 Å². The summed E-state index contributed by atoms with van der Waals surface area (Å²) in [5.41, 5.74) is 3.80. The second-order valence-corrected chi connectivity index (χ2v) is 11.2. The first-order valence-electron chi connectivity index (χ1n) is 11.1. The molecule has 3 nitrogen and oxygen atoms in total. The van der Waals surface area contributed by atoms with Gasteiger partial charge in [-0.1, -0.05) is 82.5 Å². The molecule has 2 aromatic heterocycles. The van der Waals surface area contributed by atoms with Gasteiger partial charge in [0, 0.05) is 4.88 Å². The molecule has 0 unspecified atom stereocenters. The minimum Gasteiger partial charge on any atom is -0.240 e. The van der Waals surface area contributed by atoms with Crippen LogP contribution >= 0.6 is 33.9 Å². The third kappa shape index (κ3) is 3.11. The van der Waals surface area contributed by atoms with E-state index in [2.05, 4.69) is 69.6 Å². The van der Waals surface area contributed by atoms with Crippen molar-refractivity contribution < 1.29 is 4.57 Å². The zero-order valence-electron chi connectivity index (χ0n) is 17.3.